The number of nitrogens with zero attached hydrogens (tertiary/aromatic N) is 1. The van der Waals surface area contributed by atoms with Crippen molar-refractivity contribution in [3.63, 3.8) is 0 Å². The van der Waals surface area contributed by atoms with Crippen molar-refractivity contribution in [1.82, 2.24) is 4.98 Å². The SMILES string of the molecule is CC(=O)c1cnc(NC(=O)C(=C[C@H]2CCC(=O)C2)c2ccc(S(=O)(=O)C3CC3)c(C3CC3)c2)s1. The number of Topliss-reactive ketones (excluding diaryl/α,β-unsaturated/α-hetero) is 2. The third kappa shape index (κ3) is 4.77. The summed E-state index contributed by atoms with van der Waals surface area (Å²) in [6, 6.07) is 5.19. The van der Waals surface area contributed by atoms with Gasteiger partial charge in [-0.15, -0.1) is 0 Å². The predicted octanol–water partition coefficient (Wildman–Crippen LogP) is 4.55. The fourth-order valence-electron chi connectivity index (χ4n) is 4.43. The fraction of sp³-hybridized carbons (Fsp3) is 0.440. The normalized spacial score (nSPS) is 21.0. The second kappa shape index (κ2) is 8.85. The van der Waals surface area contributed by atoms with Crippen LogP contribution in [0.2, 0.25) is 0 Å². The van der Waals surface area contributed by atoms with Crippen molar-refractivity contribution in [2.24, 2.45) is 5.92 Å². The zero-order valence-electron chi connectivity index (χ0n) is 18.9. The van der Waals surface area contributed by atoms with Gasteiger partial charge in [-0.05, 0) is 67.2 Å². The Morgan fingerprint density at radius 1 is 1.15 bits per heavy atom. The van der Waals surface area contributed by atoms with E-state index in [2.05, 4.69) is 10.3 Å². The minimum Gasteiger partial charge on any atom is -0.300 e. The van der Waals surface area contributed by atoms with Crippen LogP contribution in [0.4, 0.5) is 5.13 Å². The summed E-state index contributed by atoms with van der Waals surface area (Å²) in [5.41, 5.74) is 1.83. The summed E-state index contributed by atoms with van der Waals surface area (Å²) < 4.78 is 26.0. The van der Waals surface area contributed by atoms with Gasteiger partial charge >= 0.3 is 0 Å². The Hall–Kier alpha value is -2.65. The Bertz CT molecular complexity index is 1320. The molecule has 34 heavy (non-hydrogen) atoms. The van der Waals surface area contributed by atoms with Crippen molar-refractivity contribution in [3.05, 3.63) is 46.5 Å². The van der Waals surface area contributed by atoms with Crippen molar-refractivity contribution in [1.29, 1.82) is 0 Å². The molecule has 0 spiro atoms. The molecule has 9 heteroatoms. The van der Waals surface area contributed by atoms with Crippen LogP contribution in [0.15, 0.2) is 35.4 Å². The Kier molecular flexibility index (Phi) is 6.02. The Morgan fingerprint density at radius 2 is 1.91 bits per heavy atom. The number of sulfone groups is 1. The number of anilines is 1. The van der Waals surface area contributed by atoms with Gasteiger partial charge in [0.1, 0.15) is 5.78 Å². The van der Waals surface area contributed by atoms with Gasteiger partial charge in [0, 0.05) is 25.3 Å². The first-order valence-corrected chi connectivity index (χ1v) is 14.0. The first-order valence-electron chi connectivity index (χ1n) is 11.6. The summed E-state index contributed by atoms with van der Waals surface area (Å²) in [6.07, 6.45) is 8.12. The van der Waals surface area contributed by atoms with E-state index in [0.717, 1.165) is 29.7 Å². The molecule has 7 nitrogen and oxygen atoms in total. The number of carbonyl (C=O) groups excluding carboxylic acids is 3. The highest BCUT2D eigenvalue weighted by Crippen LogP contribution is 2.46. The zero-order valence-corrected chi connectivity index (χ0v) is 20.5. The lowest BCUT2D eigenvalue weighted by atomic mass is 9.96. The number of amides is 1. The van der Waals surface area contributed by atoms with Crippen LogP contribution in [-0.4, -0.2) is 36.1 Å². The number of ketones is 2. The molecule has 0 bridgehead atoms. The van der Waals surface area contributed by atoms with Crippen LogP contribution in [-0.2, 0) is 19.4 Å². The molecule has 3 fully saturated rings. The summed E-state index contributed by atoms with van der Waals surface area (Å²) in [6.45, 7) is 1.44. The van der Waals surface area contributed by atoms with E-state index in [-0.39, 0.29) is 34.6 Å². The molecule has 3 saturated carbocycles. The van der Waals surface area contributed by atoms with Crippen LogP contribution < -0.4 is 5.32 Å². The van der Waals surface area contributed by atoms with E-state index in [1.165, 1.54) is 13.1 Å². The summed E-state index contributed by atoms with van der Waals surface area (Å²) in [7, 11) is -3.35. The van der Waals surface area contributed by atoms with Crippen molar-refractivity contribution in [2.45, 2.75) is 67.9 Å². The number of allylic oxidation sites excluding steroid dienone is 1. The maximum atomic E-state index is 13.4. The fourth-order valence-corrected chi connectivity index (χ4v) is 7.06. The quantitative estimate of drug-likeness (QED) is 0.422. The van der Waals surface area contributed by atoms with Gasteiger partial charge in [-0.2, -0.15) is 0 Å². The van der Waals surface area contributed by atoms with E-state index in [4.69, 9.17) is 0 Å². The summed E-state index contributed by atoms with van der Waals surface area (Å²) in [5, 5.41) is 2.81. The molecular weight excluding hydrogens is 472 g/mol. The van der Waals surface area contributed by atoms with Gasteiger partial charge in [-0.25, -0.2) is 13.4 Å². The van der Waals surface area contributed by atoms with E-state index in [9.17, 15) is 22.8 Å². The van der Waals surface area contributed by atoms with Gasteiger partial charge in [0.25, 0.3) is 5.91 Å². The van der Waals surface area contributed by atoms with Crippen LogP contribution in [0.3, 0.4) is 0 Å². The summed E-state index contributed by atoms with van der Waals surface area (Å²) >= 11 is 1.11. The molecule has 1 heterocycles. The molecule has 178 valence electrons. The molecule has 1 aromatic carbocycles. The second-order valence-electron chi connectivity index (χ2n) is 9.43. The van der Waals surface area contributed by atoms with Gasteiger partial charge in [0.2, 0.25) is 0 Å². The lowest BCUT2D eigenvalue weighted by molar-refractivity contribution is -0.117. The van der Waals surface area contributed by atoms with Crippen molar-refractivity contribution in [3.8, 4) is 0 Å². The number of thiazole rings is 1. The molecule has 1 N–H and O–H groups in total. The minimum absolute atomic E-state index is 0.0448. The van der Waals surface area contributed by atoms with Crippen LogP contribution in [0.1, 0.15) is 78.6 Å². The average molecular weight is 499 g/mol. The molecule has 0 saturated heterocycles. The maximum Gasteiger partial charge on any atom is 0.257 e. The van der Waals surface area contributed by atoms with Crippen molar-refractivity contribution >= 4 is 49.4 Å². The smallest absolute Gasteiger partial charge is 0.257 e. The molecule has 5 rings (SSSR count). The van der Waals surface area contributed by atoms with Gasteiger partial charge < -0.3 is 0 Å². The number of benzene rings is 1. The Labute approximate surface area is 202 Å². The van der Waals surface area contributed by atoms with E-state index >= 15 is 0 Å². The number of rotatable bonds is 8. The second-order valence-corrected chi connectivity index (χ2v) is 12.7. The van der Waals surface area contributed by atoms with E-state index in [1.54, 1.807) is 12.1 Å². The minimum atomic E-state index is -3.35. The lowest BCUT2D eigenvalue weighted by Crippen LogP contribution is -2.15. The first-order chi connectivity index (χ1) is 16.2. The molecule has 0 aliphatic heterocycles. The number of nitrogens with one attached hydrogen (secondary N) is 1. The van der Waals surface area contributed by atoms with Gasteiger partial charge in [-0.1, -0.05) is 23.5 Å². The molecule has 0 unspecified atom stereocenters. The third-order valence-corrected chi connectivity index (χ3v) is 9.96. The maximum absolute atomic E-state index is 13.4. The molecule has 1 atom stereocenters. The van der Waals surface area contributed by atoms with Crippen LogP contribution in [0.5, 0.6) is 0 Å². The number of carbonyl (C=O) groups is 3. The number of hydrogen-bond donors (Lipinski definition) is 1. The summed E-state index contributed by atoms with van der Waals surface area (Å²) in [5.74, 6) is -0.186. The van der Waals surface area contributed by atoms with Crippen molar-refractivity contribution in [2.75, 3.05) is 5.32 Å². The topological polar surface area (TPSA) is 110 Å². The van der Waals surface area contributed by atoms with Gasteiger partial charge in [0.05, 0.1) is 21.2 Å². The van der Waals surface area contributed by atoms with E-state index in [0.29, 0.717) is 58.1 Å². The average Bonchev–Trinajstić information content (AvgIpc) is 3.72. The lowest BCUT2D eigenvalue weighted by Gasteiger charge is -2.15. The Morgan fingerprint density at radius 3 is 2.50 bits per heavy atom. The van der Waals surface area contributed by atoms with Crippen molar-refractivity contribution < 1.29 is 22.8 Å². The van der Waals surface area contributed by atoms with Gasteiger partial charge in [0.15, 0.2) is 20.8 Å². The van der Waals surface area contributed by atoms with E-state index in [1.807, 2.05) is 12.1 Å². The summed E-state index contributed by atoms with van der Waals surface area (Å²) in [4.78, 5) is 41.8. The predicted molar refractivity (Wildman–Crippen MR) is 130 cm³/mol. The highest BCUT2D eigenvalue weighted by atomic mass is 32.2. The van der Waals surface area contributed by atoms with Gasteiger partial charge in [-0.3, -0.25) is 19.7 Å². The molecule has 3 aliphatic carbocycles. The zero-order chi connectivity index (χ0) is 24.0. The van der Waals surface area contributed by atoms with Crippen LogP contribution >= 0.6 is 11.3 Å². The standard InChI is InChI=1S/C25H26N2O5S2/c1-14(28)22-13-26-25(33-22)27-24(30)21(11-15-2-6-18(29)10-15)17-5-9-23(20(12-17)16-3-4-16)34(31,32)19-7-8-19/h5,9,11-13,15-16,19H,2-4,6-8,10H2,1H3,(H,26,27,30)/t15-/m0/s1. The molecule has 1 aromatic heterocycles. The largest absolute Gasteiger partial charge is 0.300 e. The molecule has 3 aliphatic rings. The number of hydrogen-bond acceptors (Lipinski definition) is 7. The number of aromatic nitrogens is 1. The Balaban J connectivity index is 1.51. The third-order valence-electron chi connectivity index (χ3n) is 6.61. The molecule has 0 radical (unpaired) electrons. The monoisotopic (exact) mass is 498 g/mol. The molecule has 1 amide bonds. The molecular formula is C25H26N2O5S2. The van der Waals surface area contributed by atoms with E-state index < -0.39 is 9.84 Å². The highest BCUT2D eigenvalue weighted by Gasteiger charge is 2.40. The highest BCUT2D eigenvalue weighted by molar-refractivity contribution is 7.92. The van der Waals surface area contributed by atoms with Crippen LogP contribution in [0, 0.1) is 5.92 Å². The van der Waals surface area contributed by atoms with Crippen LogP contribution in [0.25, 0.3) is 5.57 Å². The molecule has 2 aromatic rings. The first kappa shape index (κ1) is 23.1.